The van der Waals surface area contributed by atoms with Crippen LogP contribution in [0.2, 0.25) is 5.02 Å². The van der Waals surface area contributed by atoms with Crippen LogP contribution in [-0.2, 0) is 13.1 Å². The van der Waals surface area contributed by atoms with E-state index in [1.54, 1.807) is 6.26 Å². The molecule has 2 rings (SSSR count). The molecule has 0 radical (unpaired) electrons. The zero-order valence-electron chi connectivity index (χ0n) is 11.2. The maximum absolute atomic E-state index is 6.20. The maximum Gasteiger partial charge on any atom is 0.126 e. The van der Waals surface area contributed by atoms with Crippen LogP contribution in [0.15, 0.2) is 34.9 Å². The van der Waals surface area contributed by atoms with Gasteiger partial charge < -0.3 is 9.73 Å². The number of hydrogen-bond acceptors (Lipinski definition) is 4. The minimum Gasteiger partial charge on any atom is -0.468 e. The van der Waals surface area contributed by atoms with Crippen molar-refractivity contribution in [2.24, 2.45) is 0 Å². The fourth-order valence-corrected chi connectivity index (χ4v) is 2.01. The minimum atomic E-state index is 0.692. The van der Waals surface area contributed by atoms with Crippen molar-refractivity contribution in [2.45, 2.75) is 20.0 Å². The van der Waals surface area contributed by atoms with Gasteiger partial charge >= 0.3 is 0 Å². The Hall–Kier alpha value is -1.52. The van der Waals surface area contributed by atoms with Crippen LogP contribution >= 0.6 is 11.6 Å². The first-order chi connectivity index (χ1) is 9.22. The summed E-state index contributed by atoms with van der Waals surface area (Å²) in [5.41, 5.74) is 0.877. The summed E-state index contributed by atoms with van der Waals surface area (Å²) in [6.07, 6.45) is 1.69. The molecular formula is C14H18ClN3O. The van der Waals surface area contributed by atoms with E-state index < -0.39 is 0 Å². The molecular weight excluding hydrogens is 262 g/mol. The molecule has 0 saturated heterocycles. The first kappa shape index (κ1) is 13.9. The highest BCUT2D eigenvalue weighted by molar-refractivity contribution is 6.31. The number of rotatable bonds is 6. The number of aromatic nitrogens is 1. The van der Waals surface area contributed by atoms with E-state index in [2.05, 4.69) is 22.1 Å². The molecule has 0 amide bonds. The quantitative estimate of drug-likeness (QED) is 0.880. The van der Waals surface area contributed by atoms with Gasteiger partial charge in [0.15, 0.2) is 0 Å². The van der Waals surface area contributed by atoms with Crippen LogP contribution in [0.4, 0.5) is 5.82 Å². The zero-order chi connectivity index (χ0) is 13.7. The Bertz CT molecular complexity index is 513. The van der Waals surface area contributed by atoms with Crippen LogP contribution in [0, 0.1) is 0 Å². The molecule has 1 N–H and O–H groups in total. The Labute approximate surface area is 118 Å². The third-order valence-corrected chi connectivity index (χ3v) is 3.30. The molecule has 4 nitrogen and oxygen atoms in total. The fourth-order valence-electron chi connectivity index (χ4n) is 1.85. The lowest BCUT2D eigenvalue weighted by atomic mass is 10.3. The Morgan fingerprint density at radius 1 is 1.32 bits per heavy atom. The summed E-state index contributed by atoms with van der Waals surface area (Å²) in [5.74, 6) is 1.77. The van der Waals surface area contributed by atoms with E-state index in [0.29, 0.717) is 11.6 Å². The highest BCUT2D eigenvalue weighted by Gasteiger charge is 2.11. The van der Waals surface area contributed by atoms with Crippen molar-refractivity contribution in [3.05, 3.63) is 47.0 Å². The standard InChI is InChI=1S/C14H18ClN3O/c1-3-18(9-11-5-4-8-19-11)10-13-12(15)6-7-14(16-2)17-13/h4-8H,3,9-10H2,1-2H3,(H,16,17). The van der Waals surface area contributed by atoms with Gasteiger partial charge in [-0.15, -0.1) is 0 Å². The second kappa shape index (κ2) is 6.59. The first-order valence-corrected chi connectivity index (χ1v) is 6.68. The Morgan fingerprint density at radius 3 is 2.79 bits per heavy atom. The molecule has 0 aliphatic heterocycles. The van der Waals surface area contributed by atoms with Gasteiger partial charge in [-0.1, -0.05) is 18.5 Å². The number of pyridine rings is 1. The predicted octanol–water partition coefficient (Wildman–Crippen LogP) is 3.39. The van der Waals surface area contributed by atoms with Crippen molar-refractivity contribution in [2.75, 3.05) is 18.9 Å². The monoisotopic (exact) mass is 279 g/mol. The van der Waals surface area contributed by atoms with E-state index in [9.17, 15) is 0 Å². The number of hydrogen-bond donors (Lipinski definition) is 1. The van der Waals surface area contributed by atoms with Crippen LogP contribution in [0.5, 0.6) is 0 Å². The molecule has 19 heavy (non-hydrogen) atoms. The summed E-state index contributed by atoms with van der Waals surface area (Å²) in [7, 11) is 1.85. The lowest BCUT2D eigenvalue weighted by Gasteiger charge is -2.19. The van der Waals surface area contributed by atoms with Gasteiger partial charge in [0.1, 0.15) is 11.6 Å². The SMILES string of the molecule is CCN(Cc1ccco1)Cc1nc(NC)ccc1Cl. The molecule has 0 fully saturated rings. The van der Waals surface area contributed by atoms with Crippen LogP contribution < -0.4 is 5.32 Å². The lowest BCUT2D eigenvalue weighted by molar-refractivity contribution is 0.245. The molecule has 0 spiro atoms. The molecule has 0 atom stereocenters. The molecule has 0 aromatic carbocycles. The Kier molecular flexibility index (Phi) is 4.82. The smallest absolute Gasteiger partial charge is 0.126 e. The summed E-state index contributed by atoms with van der Waals surface area (Å²) in [6.45, 7) is 4.47. The van der Waals surface area contributed by atoms with Gasteiger partial charge in [0, 0.05) is 13.6 Å². The Balaban J connectivity index is 2.09. The van der Waals surface area contributed by atoms with E-state index in [-0.39, 0.29) is 0 Å². The minimum absolute atomic E-state index is 0.692. The molecule has 2 aromatic heterocycles. The molecule has 5 heteroatoms. The van der Waals surface area contributed by atoms with E-state index in [4.69, 9.17) is 16.0 Å². The maximum atomic E-state index is 6.20. The molecule has 0 aliphatic carbocycles. The van der Waals surface area contributed by atoms with Crippen LogP contribution in [0.25, 0.3) is 0 Å². The van der Waals surface area contributed by atoms with Gasteiger partial charge in [0.2, 0.25) is 0 Å². The number of halogens is 1. The lowest BCUT2D eigenvalue weighted by Crippen LogP contribution is -2.23. The van der Waals surface area contributed by atoms with Gasteiger partial charge in [-0.3, -0.25) is 4.90 Å². The summed E-state index contributed by atoms with van der Waals surface area (Å²) < 4.78 is 5.37. The van der Waals surface area contributed by atoms with Gasteiger partial charge in [0.05, 0.1) is 23.5 Å². The van der Waals surface area contributed by atoms with Crippen molar-refractivity contribution in [3.8, 4) is 0 Å². The fraction of sp³-hybridized carbons (Fsp3) is 0.357. The molecule has 2 aromatic rings. The predicted molar refractivity (Wildman–Crippen MR) is 77.3 cm³/mol. The topological polar surface area (TPSA) is 41.3 Å². The van der Waals surface area contributed by atoms with E-state index >= 15 is 0 Å². The summed E-state index contributed by atoms with van der Waals surface area (Å²) >= 11 is 6.20. The molecule has 0 aliphatic rings. The van der Waals surface area contributed by atoms with Gasteiger partial charge in [0.25, 0.3) is 0 Å². The molecule has 0 bridgehead atoms. The molecule has 0 unspecified atom stereocenters. The number of furan rings is 1. The van der Waals surface area contributed by atoms with E-state index in [1.165, 1.54) is 0 Å². The first-order valence-electron chi connectivity index (χ1n) is 6.30. The Morgan fingerprint density at radius 2 is 2.16 bits per heavy atom. The second-order valence-electron chi connectivity index (χ2n) is 4.26. The van der Waals surface area contributed by atoms with E-state index in [0.717, 1.165) is 30.4 Å². The van der Waals surface area contributed by atoms with Crippen LogP contribution in [-0.4, -0.2) is 23.5 Å². The van der Waals surface area contributed by atoms with Crippen molar-refractivity contribution < 1.29 is 4.42 Å². The largest absolute Gasteiger partial charge is 0.468 e. The zero-order valence-corrected chi connectivity index (χ0v) is 11.9. The summed E-state index contributed by atoms with van der Waals surface area (Å²) in [4.78, 5) is 6.72. The number of anilines is 1. The highest BCUT2D eigenvalue weighted by Crippen LogP contribution is 2.19. The van der Waals surface area contributed by atoms with Crippen molar-refractivity contribution in [1.82, 2.24) is 9.88 Å². The van der Waals surface area contributed by atoms with Crippen molar-refractivity contribution in [3.63, 3.8) is 0 Å². The number of nitrogens with one attached hydrogen (secondary N) is 1. The van der Waals surface area contributed by atoms with Gasteiger partial charge in [-0.05, 0) is 30.8 Å². The molecule has 102 valence electrons. The average Bonchev–Trinajstić information content (AvgIpc) is 2.93. The van der Waals surface area contributed by atoms with Crippen LogP contribution in [0.3, 0.4) is 0 Å². The summed E-state index contributed by atoms with van der Waals surface area (Å²) in [5, 5.41) is 3.72. The average molecular weight is 280 g/mol. The summed E-state index contributed by atoms with van der Waals surface area (Å²) in [6, 6.07) is 7.61. The third-order valence-electron chi connectivity index (χ3n) is 2.95. The van der Waals surface area contributed by atoms with Crippen molar-refractivity contribution in [1.29, 1.82) is 0 Å². The van der Waals surface area contributed by atoms with Crippen LogP contribution in [0.1, 0.15) is 18.4 Å². The highest BCUT2D eigenvalue weighted by atomic mass is 35.5. The van der Waals surface area contributed by atoms with Crippen molar-refractivity contribution >= 4 is 17.4 Å². The molecule has 2 heterocycles. The van der Waals surface area contributed by atoms with E-state index in [1.807, 2.05) is 31.3 Å². The molecule has 0 saturated carbocycles. The number of nitrogens with zero attached hydrogens (tertiary/aromatic N) is 2. The van der Waals surface area contributed by atoms with Gasteiger partial charge in [-0.25, -0.2) is 4.98 Å². The normalized spacial score (nSPS) is 10.9. The second-order valence-corrected chi connectivity index (χ2v) is 4.66. The van der Waals surface area contributed by atoms with Gasteiger partial charge in [-0.2, -0.15) is 0 Å². The third kappa shape index (κ3) is 3.72.